The Morgan fingerprint density at radius 2 is 1.87 bits per heavy atom. The van der Waals surface area contributed by atoms with Crippen LogP contribution >= 0.6 is 0 Å². The molecule has 0 aliphatic heterocycles. The summed E-state index contributed by atoms with van der Waals surface area (Å²) in [5.74, 6) is 0. The van der Waals surface area contributed by atoms with E-state index in [0.29, 0.717) is 0 Å². The van der Waals surface area contributed by atoms with Crippen molar-refractivity contribution in [1.29, 1.82) is 0 Å². The minimum Gasteiger partial charge on any atom is -0.201 e. The van der Waals surface area contributed by atoms with Crippen molar-refractivity contribution >= 4 is 0 Å². The van der Waals surface area contributed by atoms with Gasteiger partial charge in [-0.3, -0.25) is 0 Å². The average molecular weight is 204 g/mol. The average Bonchev–Trinajstić information content (AvgIpc) is 2.29. The predicted octanol–water partition coefficient (Wildman–Crippen LogP) is 3.50. The summed E-state index contributed by atoms with van der Waals surface area (Å²) >= 11 is 0. The summed E-state index contributed by atoms with van der Waals surface area (Å²) in [6.07, 6.45) is 11.7. The topological polar surface area (TPSA) is 3.88 Å². The molecule has 1 heterocycles. The number of aromatic nitrogens is 1. The second-order valence-electron chi connectivity index (χ2n) is 3.95. The van der Waals surface area contributed by atoms with Gasteiger partial charge in [0.1, 0.15) is 0 Å². The molecule has 0 aromatic carbocycles. The molecule has 0 saturated heterocycles. The third-order valence-corrected chi connectivity index (χ3v) is 2.67. The summed E-state index contributed by atoms with van der Waals surface area (Å²) in [5, 5.41) is 0. The molecule has 1 aromatic heterocycles. The Balaban J connectivity index is 2.41. The van der Waals surface area contributed by atoms with Crippen LogP contribution in [-0.2, 0) is 6.54 Å². The second-order valence-corrected chi connectivity index (χ2v) is 3.95. The van der Waals surface area contributed by atoms with E-state index >= 15 is 0 Å². The number of allylic oxidation sites excluding steroid dienone is 2. The van der Waals surface area contributed by atoms with Gasteiger partial charge in [-0.25, -0.2) is 4.57 Å². The van der Waals surface area contributed by atoms with E-state index in [9.17, 15) is 0 Å². The van der Waals surface area contributed by atoms with Crippen molar-refractivity contribution < 1.29 is 4.57 Å². The fourth-order valence-corrected chi connectivity index (χ4v) is 1.69. The molecular weight excluding hydrogens is 182 g/mol. The van der Waals surface area contributed by atoms with Crippen molar-refractivity contribution in [2.45, 2.75) is 46.1 Å². The Morgan fingerprint density at radius 3 is 2.47 bits per heavy atom. The van der Waals surface area contributed by atoms with Crippen LogP contribution in [0.1, 0.15) is 39.5 Å². The Kier molecular flexibility index (Phi) is 5.76. The monoisotopic (exact) mass is 204 g/mol. The highest BCUT2D eigenvalue weighted by Gasteiger charge is 2.03. The van der Waals surface area contributed by atoms with E-state index in [2.05, 4.69) is 55.1 Å². The summed E-state index contributed by atoms with van der Waals surface area (Å²) in [6.45, 7) is 5.44. The number of rotatable bonds is 6. The molecule has 0 atom stereocenters. The Morgan fingerprint density at radius 1 is 1.13 bits per heavy atom. The lowest BCUT2D eigenvalue weighted by Gasteiger charge is -2.02. The van der Waals surface area contributed by atoms with Crippen LogP contribution in [0.4, 0.5) is 0 Å². The van der Waals surface area contributed by atoms with Gasteiger partial charge < -0.3 is 0 Å². The maximum atomic E-state index is 2.26. The molecule has 1 rings (SSSR count). The third kappa shape index (κ3) is 4.78. The molecule has 0 bridgehead atoms. The predicted molar refractivity (Wildman–Crippen MR) is 64.5 cm³/mol. The van der Waals surface area contributed by atoms with Crippen molar-refractivity contribution in [2.75, 3.05) is 0 Å². The van der Waals surface area contributed by atoms with Gasteiger partial charge >= 0.3 is 0 Å². The maximum Gasteiger partial charge on any atom is 0.169 e. The summed E-state index contributed by atoms with van der Waals surface area (Å²) in [4.78, 5) is 0. The Bertz CT molecular complexity index is 287. The summed E-state index contributed by atoms with van der Waals surface area (Å²) in [7, 11) is 0. The summed E-state index contributed by atoms with van der Waals surface area (Å²) in [6, 6.07) is 6.22. The van der Waals surface area contributed by atoms with Crippen LogP contribution in [0.3, 0.4) is 0 Å². The largest absolute Gasteiger partial charge is 0.201 e. The van der Waals surface area contributed by atoms with Crippen LogP contribution in [-0.4, -0.2) is 0 Å². The van der Waals surface area contributed by atoms with Crippen LogP contribution in [0, 0.1) is 0 Å². The van der Waals surface area contributed by atoms with E-state index in [1.807, 2.05) is 0 Å². The molecule has 0 unspecified atom stereocenters. The normalized spacial score (nSPS) is 11.7. The van der Waals surface area contributed by atoms with Gasteiger partial charge in [0.2, 0.25) is 0 Å². The summed E-state index contributed by atoms with van der Waals surface area (Å²) in [5.41, 5.74) is 1.54. The van der Waals surface area contributed by atoms with E-state index in [1.165, 1.54) is 25.7 Å². The van der Waals surface area contributed by atoms with E-state index in [4.69, 9.17) is 0 Å². The van der Waals surface area contributed by atoms with Crippen molar-refractivity contribution in [3.05, 3.63) is 42.2 Å². The van der Waals surface area contributed by atoms with Gasteiger partial charge in [-0.15, -0.1) is 0 Å². The number of nitrogens with zero attached hydrogens (tertiary/aromatic N) is 1. The number of pyridine rings is 1. The Hall–Kier alpha value is -1.11. The highest BCUT2D eigenvalue weighted by molar-refractivity contribution is 4.97. The fourth-order valence-electron chi connectivity index (χ4n) is 1.69. The highest BCUT2D eigenvalue weighted by atomic mass is 14.9. The van der Waals surface area contributed by atoms with Crippen molar-refractivity contribution in [3.8, 4) is 0 Å². The van der Waals surface area contributed by atoms with E-state index in [0.717, 1.165) is 6.54 Å². The quantitative estimate of drug-likeness (QED) is 0.379. The van der Waals surface area contributed by atoms with Gasteiger partial charge in [0.15, 0.2) is 18.9 Å². The minimum absolute atomic E-state index is 1.04. The van der Waals surface area contributed by atoms with E-state index < -0.39 is 0 Å². The van der Waals surface area contributed by atoms with Gasteiger partial charge in [0.25, 0.3) is 0 Å². The maximum absolute atomic E-state index is 2.26. The highest BCUT2D eigenvalue weighted by Crippen LogP contribution is 2.08. The van der Waals surface area contributed by atoms with E-state index in [1.54, 1.807) is 5.57 Å². The van der Waals surface area contributed by atoms with Crippen molar-refractivity contribution in [1.82, 2.24) is 0 Å². The smallest absolute Gasteiger partial charge is 0.169 e. The van der Waals surface area contributed by atoms with Crippen LogP contribution in [0.2, 0.25) is 0 Å². The lowest BCUT2D eigenvalue weighted by atomic mass is 10.1. The van der Waals surface area contributed by atoms with Gasteiger partial charge in [0, 0.05) is 12.1 Å². The first kappa shape index (κ1) is 12.0. The van der Waals surface area contributed by atoms with Crippen LogP contribution in [0.25, 0.3) is 0 Å². The molecule has 0 aliphatic carbocycles. The van der Waals surface area contributed by atoms with Crippen molar-refractivity contribution in [3.63, 3.8) is 0 Å². The van der Waals surface area contributed by atoms with Crippen LogP contribution in [0.15, 0.2) is 42.2 Å². The number of hydrogen-bond acceptors (Lipinski definition) is 0. The fraction of sp³-hybridized carbons (Fsp3) is 0.500. The molecule has 0 aliphatic rings. The van der Waals surface area contributed by atoms with Gasteiger partial charge in [0.05, 0.1) is 0 Å². The van der Waals surface area contributed by atoms with Crippen molar-refractivity contribution in [2.24, 2.45) is 0 Å². The SMILES string of the molecule is CC=C(CCCCC)C[n+]1ccccc1. The molecule has 82 valence electrons. The molecule has 0 amide bonds. The summed E-state index contributed by atoms with van der Waals surface area (Å²) < 4.78 is 2.24. The molecule has 1 aromatic rings. The molecule has 15 heavy (non-hydrogen) atoms. The standard InChI is InChI=1S/C14H22N/c1-3-5-7-10-14(4-2)13-15-11-8-6-9-12-15/h4,6,8-9,11-12H,3,5,7,10,13H2,1-2H3/q+1. The first-order valence-corrected chi connectivity index (χ1v) is 5.95. The van der Waals surface area contributed by atoms with Gasteiger partial charge in [-0.2, -0.15) is 0 Å². The first-order chi connectivity index (χ1) is 7.36. The van der Waals surface area contributed by atoms with Crippen LogP contribution in [0.5, 0.6) is 0 Å². The number of unbranched alkanes of at least 4 members (excludes halogenated alkanes) is 2. The second kappa shape index (κ2) is 7.22. The zero-order valence-corrected chi connectivity index (χ0v) is 9.95. The Labute approximate surface area is 93.5 Å². The first-order valence-electron chi connectivity index (χ1n) is 5.95. The molecule has 0 radical (unpaired) electrons. The molecule has 0 saturated carbocycles. The third-order valence-electron chi connectivity index (χ3n) is 2.67. The molecule has 0 fully saturated rings. The lowest BCUT2D eigenvalue weighted by Crippen LogP contribution is -2.33. The van der Waals surface area contributed by atoms with Crippen LogP contribution < -0.4 is 4.57 Å². The van der Waals surface area contributed by atoms with Gasteiger partial charge in [-0.05, 0) is 25.3 Å². The molecule has 0 N–H and O–H groups in total. The molecular formula is C14H22N+. The minimum atomic E-state index is 1.04. The molecule has 1 nitrogen and oxygen atoms in total. The molecule has 0 spiro atoms. The van der Waals surface area contributed by atoms with E-state index in [-0.39, 0.29) is 0 Å². The zero-order valence-electron chi connectivity index (χ0n) is 9.95. The molecule has 1 heteroatoms. The zero-order chi connectivity index (χ0) is 10.9. The lowest BCUT2D eigenvalue weighted by molar-refractivity contribution is -0.689. The van der Waals surface area contributed by atoms with Gasteiger partial charge in [-0.1, -0.05) is 31.9 Å². The number of hydrogen-bond donors (Lipinski definition) is 0.